The average molecular weight is 304 g/mol. The lowest BCUT2D eigenvalue weighted by molar-refractivity contribution is -0.0295. The fourth-order valence-corrected chi connectivity index (χ4v) is 2.78. The molecule has 1 aromatic rings. The summed E-state index contributed by atoms with van der Waals surface area (Å²) in [5.41, 5.74) is 3.07. The summed E-state index contributed by atoms with van der Waals surface area (Å²) in [5.74, 6) is 0.636. The van der Waals surface area contributed by atoms with Crippen molar-refractivity contribution in [2.75, 3.05) is 32.8 Å². The fourth-order valence-electron chi connectivity index (χ4n) is 2.78. The van der Waals surface area contributed by atoms with Gasteiger partial charge in [-0.1, -0.05) is 19.9 Å². The molecule has 1 fully saturated rings. The van der Waals surface area contributed by atoms with Gasteiger partial charge in [0.25, 0.3) is 5.91 Å². The monoisotopic (exact) mass is 304 g/mol. The molecule has 122 valence electrons. The summed E-state index contributed by atoms with van der Waals surface area (Å²) in [6.45, 7) is 12.8. The zero-order chi connectivity index (χ0) is 16.1. The zero-order valence-corrected chi connectivity index (χ0v) is 14.2. The minimum atomic E-state index is -0.0207. The fraction of sp³-hybridized carbons (Fsp3) is 0.611. The highest BCUT2D eigenvalue weighted by atomic mass is 16.5. The van der Waals surface area contributed by atoms with Crippen molar-refractivity contribution in [3.8, 4) is 0 Å². The predicted molar refractivity (Wildman–Crippen MR) is 89.3 cm³/mol. The Morgan fingerprint density at radius 2 is 2.14 bits per heavy atom. The van der Waals surface area contributed by atoms with Crippen LogP contribution in [0.2, 0.25) is 0 Å². The molecule has 1 N–H and O–H groups in total. The largest absolute Gasteiger partial charge is 0.374 e. The summed E-state index contributed by atoms with van der Waals surface area (Å²) in [5, 5.41) is 3.00. The quantitative estimate of drug-likeness (QED) is 0.908. The predicted octanol–water partition coefficient (Wildman–Crippen LogP) is 2.39. The van der Waals surface area contributed by atoms with Crippen molar-refractivity contribution in [2.45, 2.75) is 33.8 Å². The molecule has 1 aliphatic rings. The molecule has 1 atom stereocenters. The molecule has 1 aromatic carbocycles. The van der Waals surface area contributed by atoms with E-state index in [9.17, 15) is 4.79 Å². The van der Waals surface area contributed by atoms with Gasteiger partial charge in [-0.05, 0) is 43.0 Å². The Morgan fingerprint density at radius 3 is 2.82 bits per heavy atom. The van der Waals surface area contributed by atoms with Crippen LogP contribution in [0.15, 0.2) is 18.2 Å². The number of morpholine rings is 1. The third kappa shape index (κ3) is 4.82. The first kappa shape index (κ1) is 17.0. The van der Waals surface area contributed by atoms with Crippen LogP contribution in [0, 0.1) is 19.8 Å². The van der Waals surface area contributed by atoms with Crippen LogP contribution in [-0.2, 0) is 4.74 Å². The van der Waals surface area contributed by atoms with Crippen molar-refractivity contribution in [3.63, 3.8) is 0 Å². The highest BCUT2D eigenvalue weighted by Crippen LogP contribution is 2.11. The second kappa shape index (κ2) is 7.75. The van der Waals surface area contributed by atoms with Gasteiger partial charge in [-0.25, -0.2) is 0 Å². The summed E-state index contributed by atoms with van der Waals surface area (Å²) in [6.07, 6.45) is 0.0861. The molecule has 1 aliphatic heterocycles. The van der Waals surface area contributed by atoms with Crippen molar-refractivity contribution in [2.24, 2.45) is 5.92 Å². The molecular formula is C18H28N2O2. The van der Waals surface area contributed by atoms with Crippen molar-refractivity contribution in [1.29, 1.82) is 0 Å². The van der Waals surface area contributed by atoms with Gasteiger partial charge in [0.2, 0.25) is 0 Å². The molecule has 4 nitrogen and oxygen atoms in total. The first-order chi connectivity index (χ1) is 10.5. The number of amides is 1. The van der Waals surface area contributed by atoms with Gasteiger partial charge in [-0.15, -0.1) is 0 Å². The van der Waals surface area contributed by atoms with E-state index in [1.807, 2.05) is 25.1 Å². The van der Waals surface area contributed by atoms with E-state index in [2.05, 4.69) is 31.0 Å². The lowest BCUT2D eigenvalue weighted by atomic mass is 10.1. The first-order valence-electron chi connectivity index (χ1n) is 8.15. The van der Waals surface area contributed by atoms with Gasteiger partial charge < -0.3 is 10.1 Å². The molecule has 1 heterocycles. The number of nitrogens with zero attached hydrogens (tertiary/aromatic N) is 1. The van der Waals surface area contributed by atoms with Gasteiger partial charge in [0.1, 0.15) is 0 Å². The summed E-state index contributed by atoms with van der Waals surface area (Å²) in [7, 11) is 0. The molecule has 0 saturated carbocycles. The van der Waals surface area contributed by atoms with Gasteiger partial charge in [-0.3, -0.25) is 9.69 Å². The van der Waals surface area contributed by atoms with Crippen molar-refractivity contribution in [3.05, 3.63) is 34.9 Å². The van der Waals surface area contributed by atoms with Crippen LogP contribution in [0.25, 0.3) is 0 Å². The number of carbonyl (C=O) groups is 1. The van der Waals surface area contributed by atoms with Crippen molar-refractivity contribution < 1.29 is 9.53 Å². The highest BCUT2D eigenvalue weighted by molar-refractivity contribution is 5.94. The zero-order valence-electron chi connectivity index (χ0n) is 14.2. The van der Waals surface area contributed by atoms with Crippen LogP contribution in [0.5, 0.6) is 0 Å². The Kier molecular flexibility index (Phi) is 5.98. The van der Waals surface area contributed by atoms with Gasteiger partial charge in [-0.2, -0.15) is 0 Å². The smallest absolute Gasteiger partial charge is 0.251 e. The molecule has 2 rings (SSSR count). The first-order valence-corrected chi connectivity index (χ1v) is 8.15. The number of benzene rings is 1. The van der Waals surface area contributed by atoms with E-state index in [1.165, 1.54) is 5.56 Å². The molecule has 0 bridgehead atoms. The number of ether oxygens (including phenoxy) is 1. The van der Waals surface area contributed by atoms with E-state index in [0.717, 1.165) is 37.4 Å². The maximum Gasteiger partial charge on any atom is 0.251 e. The summed E-state index contributed by atoms with van der Waals surface area (Å²) in [4.78, 5) is 14.6. The second-order valence-electron chi connectivity index (χ2n) is 6.66. The molecule has 1 amide bonds. The number of nitrogens with one attached hydrogen (secondary N) is 1. The standard InChI is InChI=1S/C18H28N2O2/c1-13(2)11-20-7-8-22-17(12-20)10-19-18(21)16-6-5-14(3)15(4)9-16/h5-6,9,13,17H,7-8,10-12H2,1-4H3,(H,19,21). The van der Waals surface area contributed by atoms with E-state index in [-0.39, 0.29) is 12.0 Å². The van der Waals surface area contributed by atoms with Gasteiger partial charge in [0.05, 0.1) is 12.7 Å². The Balaban J connectivity index is 1.84. The van der Waals surface area contributed by atoms with Crippen LogP contribution >= 0.6 is 0 Å². The van der Waals surface area contributed by atoms with Crippen LogP contribution in [0.3, 0.4) is 0 Å². The Bertz CT molecular complexity index is 514. The molecule has 4 heteroatoms. The lowest BCUT2D eigenvalue weighted by Gasteiger charge is -2.33. The normalized spacial score (nSPS) is 19.4. The number of hydrogen-bond acceptors (Lipinski definition) is 3. The Hall–Kier alpha value is -1.39. The molecule has 0 aromatic heterocycles. The Labute approximate surface area is 133 Å². The van der Waals surface area contributed by atoms with E-state index in [1.54, 1.807) is 0 Å². The maximum absolute atomic E-state index is 12.2. The van der Waals surface area contributed by atoms with Crippen LogP contribution in [0.4, 0.5) is 0 Å². The summed E-state index contributed by atoms with van der Waals surface area (Å²) >= 11 is 0. The van der Waals surface area contributed by atoms with E-state index < -0.39 is 0 Å². The summed E-state index contributed by atoms with van der Waals surface area (Å²) < 4.78 is 5.76. The van der Waals surface area contributed by atoms with Crippen LogP contribution in [-0.4, -0.2) is 49.7 Å². The number of hydrogen-bond donors (Lipinski definition) is 1. The van der Waals surface area contributed by atoms with E-state index in [4.69, 9.17) is 4.74 Å². The number of carbonyl (C=O) groups excluding carboxylic acids is 1. The minimum absolute atomic E-state index is 0.0207. The average Bonchev–Trinajstić information content (AvgIpc) is 2.47. The topological polar surface area (TPSA) is 41.6 Å². The van der Waals surface area contributed by atoms with Crippen molar-refractivity contribution in [1.82, 2.24) is 10.2 Å². The molecule has 0 aliphatic carbocycles. The number of rotatable bonds is 5. The van der Waals surface area contributed by atoms with E-state index in [0.29, 0.717) is 12.5 Å². The van der Waals surface area contributed by atoms with Gasteiger partial charge in [0, 0.05) is 31.7 Å². The minimum Gasteiger partial charge on any atom is -0.374 e. The SMILES string of the molecule is Cc1ccc(C(=O)NCC2CN(CC(C)C)CCO2)cc1C. The van der Waals surface area contributed by atoms with E-state index >= 15 is 0 Å². The third-order valence-electron chi connectivity index (χ3n) is 4.11. The molecule has 22 heavy (non-hydrogen) atoms. The van der Waals surface area contributed by atoms with Gasteiger partial charge >= 0.3 is 0 Å². The molecule has 1 unspecified atom stereocenters. The van der Waals surface area contributed by atoms with Crippen LogP contribution < -0.4 is 5.32 Å². The lowest BCUT2D eigenvalue weighted by Crippen LogP contribution is -2.48. The van der Waals surface area contributed by atoms with Crippen LogP contribution in [0.1, 0.15) is 35.3 Å². The highest BCUT2D eigenvalue weighted by Gasteiger charge is 2.21. The maximum atomic E-state index is 12.2. The molecule has 0 radical (unpaired) electrons. The number of aryl methyl sites for hydroxylation is 2. The summed E-state index contributed by atoms with van der Waals surface area (Å²) in [6, 6.07) is 5.81. The molecule has 1 saturated heterocycles. The third-order valence-corrected chi connectivity index (χ3v) is 4.11. The van der Waals surface area contributed by atoms with Crippen molar-refractivity contribution >= 4 is 5.91 Å². The molecular weight excluding hydrogens is 276 g/mol. The van der Waals surface area contributed by atoms with Gasteiger partial charge in [0.15, 0.2) is 0 Å². The second-order valence-corrected chi connectivity index (χ2v) is 6.66. The molecule has 0 spiro atoms. The Morgan fingerprint density at radius 1 is 1.36 bits per heavy atom.